The van der Waals surface area contributed by atoms with Crippen molar-refractivity contribution in [2.75, 3.05) is 10.6 Å². The number of nitrogens with one attached hydrogen (secondary N) is 2. The zero-order chi connectivity index (χ0) is 18.2. The minimum absolute atomic E-state index is 0.215. The molecule has 0 atom stereocenters. The first-order valence-electron chi connectivity index (χ1n) is 8.60. The van der Waals surface area contributed by atoms with E-state index < -0.39 is 5.41 Å². The van der Waals surface area contributed by atoms with E-state index in [2.05, 4.69) is 10.6 Å². The van der Waals surface area contributed by atoms with Gasteiger partial charge in [0.25, 0.3) is 0 Å². The summed E-state index contributed by atoms with van der Waals surface area (Å²) in [5, 5.41) is 5.92. The number of carbonyl (C=O) groups is 2. The summed E-state index contributed by atoms with van der Waals surface area (Å²) in [6, 6.07) is 11.8. The van der Waals surface area contributed by atoms with Crippen LogP contribution in [0.1, 0.15) is 35.1 Å². The molecule has 0 spiro atoms. The summed E-state index contributed by atoms with van der Waals surface area (Å²) in [6.45, 7) is 7.85. The molecule has 4 nitrogen and oxygen atoms in total. The van der Waals surface area contributed by atoms with E-state index >= 15 is 0 Å². The van der Waals surface area contributed by atoms with Gasteiger partial charge in [0, 0.05) is 11.4 Å². The van der Waals surface area contributed by atoms with Crippen LogP contribution in [0.5, 0.6) is 0 Å². The molecule has 1 saturated carbocycles. The van der Waals surface area contributed by atoms with Crippen LogP contribution >= 0.6 is 0 Å². The second kappa shape index (κ2) is 6.36. The number of benzene rings is 2. The predicted molar refractivity (Wildman–Crippen MR) is 101 cm³/mol. The summed E-state index contributed by atoms with van der Waals surface area (Å²) < 4.78 is 0. The van der Waals surface area contributed by atoms with E-state index in [4.69, 9.17) is 0 Å². The van der Waals surface area contributed by atoms with E-state index in [-0.39, 0.29) is 11.8 Å². The molecule has 1 aliphatic carbocycles. The Morgan fingerprint density at radius 3 is 2.04 bits per heavy atom. The Hall–Kier alpha value is -2.62. The lowest BCUT2D eigenvalue weighted by Gasteiger charge is -2.18. The first-order chi connectivity index (χ1) is 11.8. The number of hydrogen-bond donors (Lipinski definition) is 2. The van der Waals surface area contributed by atoms with Crippen LogP contribution in [0.4, 0.5) is 11.4 Å². The lowest BCUT2D eigenvalue weighted by atomic mass is 10.0. The average molecular weight is 336 g/mol. The standard InChI is InChI=1S/C21H24N2O2/c1-13-8-9-14(2)17(12-13)22-19(24)21(10-11-21)20(25)23-18-15(3)6-5-7-16(18)4/h5-9,12H,10-11H2,1-4H3,(H,22,24)(H,23,25). The van der Waals surface area contributed by atoms with Gasteiger partial charge < -0.3 is 10.6 Å². The van der Waals surface area contributed by atoms with Crippen LogP contribution in [0.2, 0.25) is 0 Å². The molecule has 2 amide bonds. The molecule has 0 aliphatic heterocycles. The highest BCUT2D eigenvalue weighted by molar-refractivity contribution is 6.17. The Labute approximate surface area is 148 Å². The molecule has 0 heterocycles. The maximum Gasteiger partial charge on any atom is 0.240 e. The fraction of sp³-hybridized carbons (Fsp3) is 0.333. The van der Waals surface area contributed by atoms with Gasteiger partial charge >= 0.3 is 0 Å². The van der Waals surface area contributed by atoms with Crippen molar-refractivity contribution in [2.45, 2.75) is 40.5 Å². The van der Waals surface area contributed by atoms with Gasteiger partial charge in [-0.3, -0.25) is 9.59 Å². The molecule has 2 N–H and O–H groups in total. The predicted octanol–water partition coefficient (Wildman–Crippen LogP) is 4.28. The Bertz CT molecular complexity index is 831. The molecule has 25 heavy (non-hydrogen) atoms. The Morgan fingerprint density at radius 2 is 1.44 bits per heavy atom. The molecule has 0 bridgehead atoms. The van der Waals surface area contributed by atoms with Crippen LogP contribution in [0, 0.1) is 33.1 Å². The molecule has 0 aromatic heterocycles. The van der Waals surface area contributed by atoms with Crippen molar-refractivity contribution >= 4 is 23.2 Å². The van der Waals surface area contributed by atoms with Gasteiger partial charge in [-0.15, -0.1) is 0 Å². The largest absolute Gasteiger partial charge is 0.325 e. The molecule has 2 aromatic rings. The smallest absolute Gasteiger partial charge is 0.240 e. The van der Waals surface area contributed by atoms with Gasteiger partial charge in [-0.25, -0.2) is 0 Å². The second-order valence-electron chi connectivity index (χ2n) is 7.08. The van der Waals surface area contributed by atoms with Gasteiger partial charge in [0.2, 0.25) is 11.8 Å². The average Bonchev–Trinajstić information content (AvgIpc) is 3.36. The molecule has 4 heteroatoms. The molecule has 1 fully saturated rings. The fourth-order valence-electron chi connectivity index (χ4n) is 3.04. The van der Waals surface area contributed by atoms with E-state index in [9.17, 15) is 9.59 Å². The highest BCUT2D eigenvalue weighted by Gasteiger charge is 2.56. The SMILES string of the molecule is Cc1ccc(C)c(NC(=O)C2(C(=O)Nc3c(C)cccc3C)CC2)c1. The number of para-hydroxylation sites is 1. The van der Waals surface area contributed by atoms with Crippen molar-refractivity contribution in [3.05, 3.63) is 58.7 Å². The Morgan fingerprint density at radius 1 is 0.840 bits per heavy atom. The molecule has 1 aliphatic rings. The van der Waals surface area contributed by atoms with Crippen LogP contribution in [0.3, 0.4) is 0 Å². The maximum absolute atomic E-state index is 12.8. The molecule has 0 radical (unpaired) electrons. The quantitative estimate of drug-likeness (QED) is 0.819. The van der Waals surface area contributed by atoms with Crippen molar-refractivity contribution in [1.82, 2.24) is 0 Å². The van der Waals surface area contributed by atoms with E-state index in [0.29, 0.717) is 12.8 Å². The normalized spacial score (nSPS) is 14.7. The summed E-state index contributed by atoms with van der Waals surface area (Å²) in [6.07, 6.45) is 1.17. The van der Waals surface area contributed by atoms with Gasteiger partial charge in [0.05, 0.1) is 0 Å². The molecule has 130 valence electrons. The minimum atomic E-state index is -0.953. The summed E-state index contributed by atoms with van der Waals surface area (Å²) in [4.78, 5) is 25.6. The van der Waals surface area contributed by atoms with Crippen molar-refractivity contribution in [3.8, 4) is 0 Å². The Balaban J connectivity index is 1.78. The van der Waals surface area contributed by atoms with Crippen LogP contribution in [-0.4, -0.2) is 11.8 Å². The topological polar surface area (TPSA) is 58.2 Å². The molecular weight excluding hydrogens is 312 g/mol. The first-order valence-corrected chi connectivity index (χ1v) is 8.60. The third kappa shape index (κ3) is 3.29. The zero-order valence-corrected chi connectivity index (χ0v) is 15.2. The van der Waals surface area contributed by atoms with Crippen molar-refractivity contribution in [3.63, 3.8) is 0 Å². The number of carbonyl (C=O) groups excluding carboxylic acids is 2. The van der Waals surface area contributed by atoms with Gasteiger partial charge in [-0.1, -0.05) is 30.3 Å². The Kier molecular flexibility index (Phi) is 4.38. The van der Waals surface area contributed by atoms with Crippen molar-refractivity contribution in [2.24, 2.45) is 5.41 Å². The van der Waals surface area contributed by atoms with Crippen LogP contribution in [0.25, 0.3) is 0 Å². The van der Waals surface area contributed by atoms with Crippen molar-refractivity contribution in [1.29, 1.82) is 0 Å². The number of anilines is 2. The minimum Gasteiger partial charge on any atom is -0.325 e. The fourth-order valence-corrected chi connectivity index (χ4v) is 3.04. The number of amides is 2. The maximum atomic E-state index is 12.8. The molecule has 2 aromatic carbocycles. The van der Waals surface area contributed by atoms with Gasteiger partial charge in [-0.2, -0.15) is 0 Å². The molecular formula is C21H24N2O2. The monoisotopic (exact) mass is 336 g/mol. The van der Waals surface area contributed by atoms with E-state index in [1.165, 1.54) is 0 Å². The van der Waals surface area contributed by atoms with Gasteiger partial charge in [-0.05, 0) is 68.9 Å². The van der Waals surface area contributed by atoms with Crippen molar-refractivity contribution < 1.29 is 9.59 Å². The molecule has 3 rings (SSSR count). The van der Waals surface area contributed by atoms with Crippen LogP contribution < -0.4 is 10.6 Å². The molecule has 0 unspecified atom stereocenters. The van der Waals surface area contributed by atoms with E-state index in [1.54, 1.807) is 0 Å². The van der Waals surface area contributed by atoms with Gasteiger partial charge in [0.15, 0.2) is 0 Å². The first kappa shape index (κ1) is 17.2. The summed E-state index contributed by atoms with van der Waals surface area (Å²) in [5.74, 6) is -0.433. The number of aryl methyl sites for hydroxylation is 4. The summed E-state index contributed by atoms with van der Waals surface area (Å²) in [7, 11) is 0. The lowest BCUT2D eigenvalue weighted by Crippen LogP contribution is -2.36. The third-order valence-corrected chi connectivity index (χ3v) is 4.98. The second-order valence-corrected chi connectivity index (χ2v) is 7.08. The third-order valence-electron chi connectivity index (χ3n) is 4.98. The summed E-state index contributed by atoms with van der Waals surface area (Å²) >= 11 is 0. The highest BCUT2D eigenvalue weighted by Crippen LogP contribution is 2.48. The zero-order valence-electron chi connectivity index (χ0n) is 15.2. The van der Waals surface area contributed by atoms with Crippen LogP contribution in [0.15, 0.2) is 36.4 Å². The van der Waals surface area contributed by atoms with E-state index in [0.717, 1.165) is 33.6 Å². The van der Waals surface area contributed by atoms with Crippen LogP contribution in [-0.2, 0) is 9.59 Å². The lowest BCUT2D eigenvalue weighted by molar-refractivity contribution is -0.131. The summed E-state index contributed by atoms with van der Waals surface area (Å²) in [5.41, 5.74) is 4.69. The highest BCUT2D eigenvalue weighted by atomic mass is 16.2. The number of rotatable bonds is 4. The molecule has 0 saturated heterocycles. The number of hydrogen-bond acceptors (Lipinski definition) is 2. The van der Waals surface area contributed by atoms with Gasteiger partial charge in [0.1, 0.15) is 5.41 Å². The van der Waals surface area contributed by atoms with E-state index in [1.807, 2.05) is 64.1 Å².